The van der Waals surface area contributed by atoms with Gasteiger partial charge in [0, 0.05) is 11.9 Å². The average Bonchev–Trinajstić information content (AvgIpc) is 2.95. The van der Waals surface area contributed by atoms with E-state index in [4.69, 9.17) is 0 Å². The number of nitrogens with zero attached hydrogens (tertiary/aromatic N) is 2. The zero-order chi connectivity index (χ0) is 20.4. The summed E-state index contributed by atoms with van der Waals surface area (Å²) in [4.78, 5) is 31.6. The van der Waals surface area contributed by atoms with Crippen molar-refractivity contribution in [2.24, 2.45) is 0 Å². The smallest absolute Gasteiger partial charge is 0.278 e. The van der Waals surface area contributed by atoms with Gasteiger partial charge in [-0.15, -0.1) is 0 Å². The number of carbonyl (C=O) groups is 2. The second-order valence-electron chi connectivity index (χ2n) is 6.77. The molecule has 2 heterocycles. The highest BCUT2D eigenvalue weighted by atomic mass is 19.1. The Hall–Kier alpha value is -3.80. The largest absolute Gasteiger partial charge is 0.350 e. The first-order valence-corrected chi connectivity index (χ1v) is 9.13. The molecule has 144 valence electrons. The van der Waals surface area contributed by atoms with E-state index in [1.807, 2.05) is 31.2 Å². The van der Waals surface area contributed by atoms with Crippen LogP contribution < -0.4 is 5.32 Å². The molecule has 0 spiro atoms. The van der Waals surface area contributed by atoms with Crippen LogP contribution in [-0.4, -0.2) is 21.7 Å². The third-order valence-electron chi connectivity index (χ3n) is 4.67. The maximum Gasteiger partial charge on any atom is 0.278 e. The molecule has 0 saturated heterocycles. The summed E-state index contributed by atoms with van der Waals surface area (Å²) < 4.78 is 13.4. The van der Waals surface area contributed by atoms with E-state index < -0.39 is 17.6 Å². The van der Waals surface area contributed by atoms with E-state index in [-0.39, 0.29) is 17.8 Å². The molecule has 0 atom stereocenters. The van der Waals surface area contributed by atoms with Gasteiger partial charge in [0.25, 0.3) is 11.8 Å². The number of amides is 2. The molecule has 3 aromatic rings. The Labute approximate surface area is 167 Å². The summed E-state index contributed by atoms with van der Waals surface area (Å²) >= 11 is 0. The summed E-state index contributed by atoms with van der Waals surface area (Å²) in [6.07, 6.45) is 1.61. The number of aromatic nitrogens is 1. The minimum atomic E-state index is -0.444. The van der Waals surface area contributed by atoms with Gasteiger partial charge in [-0.3, -0.25) is 19.5 Å². The van der Waals surface area contributed by atoms with Crippen molar-refractivity contribution in [2.45, 2.75) is 13.5 Å². The second kappa shape index (κ2) is 7.67. The summed E-state index contributed by atoms with van der Waals surface area (Å²) in [5.41, 5.74) is 3.22. The summed E-state index contributed by atoms with van der Waals surface area (Å²) in [6.45, 7) is 2.02. The van der Waals surface area contributed by atoms with Gasteiger partial charge < -0.3 is 5.32 Å². The van der Waals surface area contributed by atoms with Crippen LogP contribution in [0.2, 0.25) is 0 Å². The highest BCUT2D eigenvalue weighted by Gasteiger charge is 2.39. The Bertz CT molecular complexity index is 1090. The Morgan fingerprint density at radius 3 is 2.31 bits per heavy atom. The number of halogens is 1. The third kappa shape index (κ3) is 3.78. The first kappa shape index (κ1) is 18.6. The van der Waals surface area contributed by atoms with Crippen LogP contribution in [0.25, 0.3) is 5.57 Å². The van der Waals surface area contributed by atoms with Crippen LogP contribution in [0.4, 0.5) is 10.1 Å². The molecule has 0 fully saturated rings. The Morgan fingerprint density at radius 2 is 1.66 bits per heavy atom. The van der Waals surface area contributed by atoms with Crippen LogP contribution in [-0.2, 0) is 16.1 Å². The Balaban J connectivity index is 1.74. The van der Waals surface area contributed by atoms with E-state index in [0.29, 0.717) is 16.9 Å². The lowest BCUT2D eigenvalue weighted by Gasteiger charge is -2.14. The quantitative estimate of drug-likeness (QED) is 0.674. The van der Waals surface area contributed by atoms with E-state index in [2.05, 4.69) is 10.3 Å². The van der Waals surface area contributed by atoms with Crippen molar-refractivity contribution in [1.82, 2.24) is 9.88 Å². The van der Waals surface area contributed by atoms with Gasteiger partial charge in [0.15, 0.2) is 0 Å². The van der Waals surface area contributed by atoms with Crippen LogP contribution in [0.15, 0.2) is 78.6 Å². The molecule has 0 saturated carbocycles. The normalized spacial score (nSPS) is 13.9. The van der Waals surface area contributed by atoms with Crippen molar-refractivity contribution in [2.75, 3.05) is 5.32 Å². The molecule has 1 N–H and O–H groups in total. The van der Waals surface area contributed by atoms with Gasteiger partial charge in [-0.05, 0) is 48.9 Å². The summed E-state index contributed by atoms with van der Waals surface area (Å²) in [5, 5.41) is 3.08. The van der Waals surface area contributed by atoms with Gasteiger partial charge in [-0.25, -0.2) is 4.39 Å². The number of hydrogen-bond donors (Lipinski definition) is 1. The fourth-order valence-electron chi connectivity index (χ4n) is 3.15. The molecule has 4 rings (SSSR count). The minimum absolute atomic E-state index is 0.0578. The van der Waals surface area contributed by atoms with Crippen LogP contribution >= 0.6 is 0 Å². The highest BCUT2D eigenvalue weighted by molar-refractivity contribution is 6.36. The maximum absolute atomic E-state index is 13.4. The molecular weight excluding hydrogens is 369 g/mol. The molecule has 1 aliphatic heterocycles. The standard InChI is InChI=1S/C23H18FN3O2/c1-15-5-11-18(12-6-15)26-21-20(16-7-9-17(24)10-8-16)22(28)27(23(21)29)14-19-4-2-3-13-25-19/h2-13,26H,14H2,1H3. The van der Waals surface area contributed by atoms with Crippen molar-refractivity contribution in [3.63, 3.8) is 0 Å². The molecule has 5 nitrogen and oxygen atoms in total. The number of aryl methyl sites for hydroxylation is 1. The van der Waals surface area contributed by atoms with Gasteiger partial charge in [-0.1, -0.05) is 35.9 Å². The third-order valence-corrected chi connectivity index (χ3v) is 4.67. The van der Waals surface area contributed by atoms with E-state index in [9.17, 15) is 14.0 Å². The summed E-state index contributed by atoms with van der Waals surface area (Å²) in [7, 11) is 0. The van der Waals surface area contributed by atoms with Crippen molar-refractivity contribution < 1.29 is 14.0 Å². The Kier molecular flexibility index (Phi) is 4.91. The van der Waals surface area contributed by atoms with Gasteiger partial charge in [-0.2, -0.15) is 0 Å². The number of nitrogens with one attached hydrogen (secondary N) is 1. The van der Waals surface area contributed by atoms with Crippen LogP contribution in [0.1, 0.15) is 16.8 Å². The summed E-state index contributed by atoms with van der Waals surface area (Å²) in [5.74, 6) is -1.30. The lowest BCUT2D eigenvalue weighted by atomic mass is 10.0. The number of carbonyl (C=O) groups excluding carboxylic acids is 2. The SMILES string of the molecule is Cc1ccc(NC2=C(c3ccc(F)cc3)C(=O)N(Cc3ccccn3)C2=O)cc1. The number of benzene rings is 2. The molecule has 1 aliphatic rings. The fourth-order valence-corrected chi connectivity index (χ4v) is 3.15. The zero-order valence-electron chi connectivity index (χ0n) is 15.7. The van der Waals surface area contributed by atoms with E-state index in [1.165, 1.54) is 24.3 Å². The maximum atomic E-state index is 13.4. The van der Waals surface area contributed by atoms with Gasteiger partial charge in [0.05, 0.1) is 17.8 Å². The van der Waals surface area contributed by atoms with E-state index in [0.717, 1.165) is 10.5 Å². The monoisotopic (exact) mass is 387 g/mol. The molecule has 6 heteroatoms. The number of rotatable bonds is 5. The lowest BCUT2D eigenvalue weighted by Crippen LogP contribution is -2.32. The molecule has 29 heavy (non-hydrogen) atoms. The van der Waals surface area contributed by atoms with E-state index >= 15 is 0 Å². The van der Waals surface area contributed by atoms with Crippen molar-refractivity contribution in [3.8, 4) is 0 Å². The molecule has 2 amide bonds. The van der Waals surface area contributed by atoms with Crippen LogP contribution in [0, 0.1) is 12.7 Å². The minimum Gasteiger partial charge on any atom is -0.350 e. The molecule has 0 radical (unpaired) electrons. The molecule has 2 aromatic carbocycles. The van der Waals surface area contributed by atoms with E-state index in [1.54, 1.807) is 24.4 Å². The topological polar surface area (TPSA) is 62.3 Å². The van der Waals surface area contributed by atoms with Crippen LogP contribution in [0.3, 0.4) is 0 Å². The zero-order valence-corrected chi connectivity index (χ0v) is 15.7. The van der Waals surface area contributed by atoms with Crippen LogP contribution in [0.5, 0.6) is 0 Å². The molecule has 0 bridgehead atoms. The molecule has 0 aliphatic carbocycles. The summed E-state index contributed by atoms with van der Waals surface area (Å²) in [6, 6.07) is 18.3. The van der Waals surface area contributed by atoms with Crippen molar-refractivity contribution in [1.29, 1.82) is 0 Å². The lowest BCUT2D eigenvalue weighted by molar-refractivity contribution is -0.137. The van der Waals surface area contributed by atoms with Crippen molar-refractivity contribution in [3.05, 3.63) is 101 Å². The first-order chi connectivity index (χ1) is 14.0. The average molecular weight is 387 g/mol. The molecule has 1 aromatic heterocycles. The Morgan fingerprint density at radius 1 is 0.931 bits per heavy atom. The number of imide groups is 1. The highest BCUT2D eigenvalue weighted by Crippen LogP contribution is 2.31. The fraction of sp³-hybridized carbons (Fsp3) is 0.0870. The first-order valence-electron chi connectivity index (χ1n) is 9.13. The number of anilines is 1. The second-order valence-corrected chi connectivity index (χ2v) is 6.77. The predicted octanol–water partition coefficient (Wildman–Crippen LogP) is 3.92. The predicted molar refractivity (Wildman–Crippen MR) is 108 cm³/mol. The van der Waals surface area contributed by atoms with Crippen molar-refractivity contribution >= 4 is 23.1 Å². The number of pyridine rings is 1. The molecular formula is C23H18FN3O2. The van der Waals surface area contributed by atoms with Gasteiger partial charge in [0.2, 0.25) is 0 Å². The number of hydrogen-bond acceptors (Lipinski definition) is 4. The van der Waals surface area contributed by atoms with Gasteiger partial charge in [0.1, 0.15) is 11.5 Å². The van der Waals surface area contributed by atoms with Gasteiger partial charge >= 0.3 is 0 Å². The molecule has 0 unspecified atom stereocenters.